The highest BCUT2D eigenvalue weighted by molar-refractivity contribution is 6.64. The maximum Gasteiger partial charge on any atom is 0.495 e. The summed E-state index contributed by atoms with van der Waals surface area (Å²) in [5.74, 6) is 0. The van der Waals surface area contributed by atoms with Crippen LogP contribution in [0.2, 0.25) is 13.1 Å². The van der Waals surface area contributed by atoms with Gasteiger partial charge in [0.25, 0.3) is 0 Å². The van der Waals surface area contributed by atoms with Crippen LogP contribution in [0.4, 0.5) is 0 Å². The Labute approximate surface area is 154 Å². The Morgan fingerprint density at radius 2 is 1.32 bits per heavy atom. The SMILES string of the molecule is C[Si](C)C(c1ccccc1)c1ccccc1B1OC(C)(C)C(C)(C)O1. The first-order valence-electron chi connectivity index (χ1n) is 9.02. The van der Waals surface area contributed by atoms with Crippen molar-refractivity contribution in [3.8, 4) is 0 Å². The quantitative estimate of drug-likeness (QED) is 0.760. The first kappa shape index (κ1) is 18.4. The molecule has 0 saturated carbocycles. The van der Waals surface area contributed by atoms with Gasteiger partial charge < -0.3 is 9.31 Å². The van der Waals surface area contributed by atoms with Crippen LogP contribution in [-0.4, -0.2) is 27.1 Å². The normalized spacial score (nSPS) is 20.0. The highest BCUT2D eigenvalue weighted by atomic mass is 28.3. The Balaban J connectivity index is 2.04. The van der Waals surface area contributed by atoms with E-state index in [0.717, 1.165) is 0 Å². The minimum absolute atomic E-state index is 0.311. The zero-order valence-corrected chi connectivity index (χ0v) is 17.2. The van der Waals surface area contributed by atoms with Gasteiger partial charge in [-0.2, -0.15) is 0 Å². The van der Waals surface area contributed by atoms with Crippen molar-refractivity contribution in [2.45, 2.75) is 57.5 Å². The molecule has 1 heterocycles. The molecule has 0 aliphatic carbocycles. The summed E-state index contributed by atoms with van der Waals surface area (Å²) in [5.41, 5.74) is 3.66. The van der Waals surface area contributed by atoms with Crippen molar-refractivity contribution >= 4 is 21.4 Å². The van der Waals surface area contributed by atoms with Gasteiger partial charge in [-0.1, -0.05) is 67.7 Å². The number of rotatable bonds is 4. The summed E-state index contributed by atoms with van der Waals surface area (Å²) in [6.07, 6.45) is 0. The van der Waals surface area contributed by atoms with Crippen LogP contribution in [0.25, 0.3) is 0 Å². The molecule has 1 aliphatic heterocycles. The summed E-state index contributed by atoms with van der Waals surface area (Å²) >= 11 is 0. The number of hydrogen-bond acceptors (Lipinski definition) is 2. The van der Waals surface area contributed by atoms with Crippen molar-refractivity contribution in [1.82, 2.24) is 0 Å². The molecule has 1 saturated heterocycles. The monoisotopic (exact) mass is 351 g/mol. The van der Waals surface area contributed by atoms with Crippen LogP contribution in [0.3, 0.4) is 0 Å². The van der Waals surface area contributed by atoms with Crippen LogP contribution in [-0.2, 0) is 9.31 Å². The molecule has 0 spiro atoms. The minimum Gasteiger partial charge on any atom is -0.399 e. The molecule has 0 bridgehead atoms. The maximum atomic E-state index is 6.35. The molecular weight excluding hydrogens is 323 g/mol. The average Bonchev–Trinajstić information content (AvgIpc) is 2.77. The van der Waals surface area contributed by atoms with Crippen molar-refractivity contribution < 1.29 is 9.31 Å². The Bertz CT molecular complexity index is 712. The summed E-state index contributed by atoms with van der Waals surface area (Å²) in [6.45, 7) is 13.2. The molecule has 1 aliphatic rings. The van der Waals surface area contributed by atoms with Crippen LogP contribution in [0.15, 0.2) is 54.6 Å². The molecule has 2 aromatic rings. The van der Waals surface area contributed by atoms with Crippen molar-refractivity contribution in [2.24, 2.45) is 0 Å². The van der Waals surface area contributed by atoms with Gasteiger partial charge in [0.05, 0.1) is 20.0 Å². The van der Waals surface area contributed by atoms with Gasteiger partial charge in [-0.05, 0) is 44.3 Å². The van der Waals surface area contributed by atoms with Gasteiger partial charge in [0.2, 0.25) is 0 Å². The van der Waals surface area contributed by atoms with Crippen molar-refractivity contribution in [2.75, 3.05) is 0 Å². The van der Waals surface area contributed by atoms with Gasteiger partial charge in [0.1, 0.15) is 0 Å². The zero-order valence-electron chi connectivity index (χ0n) is 16.2. The molecular formula is C21H28BO2Si. The molecule has 1 fully saturated rings. The van der Waals surface area contributed by atoms with E-state index in [0.29, 0.717) is 5.54 Å². The zero-order chi connectivity index (χ0) is 18.2. The van der Waals surface area contributed by atoms with Crippen molar-refractivity contribution in [3.05, 3.63) is 65.7 Å². The molecule has 2 aromatic carbocycles. The molecule has 4 heteroatoms. The van der Waals surface area contributed by atoms with Gasteiger partial charge in [-0.25, -0.2) is 0 Å². The van der Waals surface area contributed by atoms with Crippen molar-refractivity contribution in [3.63, 3.8) is 0 Å². The molecule has 0 N–H and O–H groups in total. The third-order valence-electron chi connectivity index (χ3n) is 5.52. The molecule has 131 valence electrons. The second-order valence-electron chi connectivity index (χ2n) is 8.14. The molecule has 0 amide bonds. The van der Waals surface area contributed by atoms with E-state index in [1.165, 1.54) is 16.6 Å². The van der Waals surface area contributed by atoms with E-state index in [-0.39, 0.29) is 18.3 Å². The van der Waals surface area contributed by atoms with E-state index in [2.05, 4.69) is 95.4 Å². The second kappa shape index (κ2) is 6.75. The topological polar surface area (TPSA) is 18.5 Å². The van der Waals surface area contributed by atoms with E-state index >= 15 is 0 Å². The standard InChI is InChI=1S/C21H28BO2Si/c1-20(2)21(3,4)24-22(23-20)18-15-11-10-14-17(18)19(25(5)6)16-12-8-7-9-13-16/h7-15,19H,1-6H3. The molecule has 1 unspecified atom stereocenters. The summed E-state index contributed by atoms with van der Waals surface area (Å²) in [6, 6.07) is 19.4. The summed E-state index contributed by atoms with van der Waals surface area (Å²) < 4.78 is 12.7. The lowest BCUT2D eigenvalue weighted by Gasteiger charge is -2.32. The Kier molecular flexibility index (Phi) is 4.98. The third-order valence-corrected chi connectivity index (χ3v) is 7.32. The summed E-state index contributed by atoms with van der Waals surface area (Å²) in [4.78, 5) is 0. The lowest BCUT2D eigenvalue weighted by molar-refractivity contribution is 0.00578. The highest BCUT2D eigenvalue weighted by Gasteiger charge is 2.52. The van der Waals surface area contributed by atoms with E-state index in [1.807, 2.05) is 0 Å². The van der Waals surface area contributed by atoms with Crippen LogP contribution >= 0.6 is 0 Å². The Morgan fingerprint density at radius 3 is 1.88 bits per heavy atom. The molecule has 1 radical (unpaired) electrons. The lowest BCUT2D eigenvalue weighted by atomic mass is 9.74. The molecule has 1 atom stereocenters. The van der Waals surface area contributed by atoms with E-state index < -0.39 is 8.80 Å². The molecule has 0 aromatic heterocycles. The summed E-state index contributed by atoms with van der Waals surface area (Å²) in [7, 11) is -0.908. The van der Waals surface area contributed by atoms with Crippen LogP contribution in [0.1, 0.15) is 44.4 Å². The Hall–Kier alpha value is -1.36. The second-order valence-corrected chi connectivity index (χ2v) is 10.9. The average molecular weight is 351 g/mol. The predicted molar refractivity (Wildman–Crippen MR) is 108 cm³/mol. The van der Waals surface area contributed by atoms with Crippen LogP contribution in [0, 0.1) is 0 Å². The van der Waals surface area contributed by atoms with E-state index in [9.17, 15) is 0 Å². The van der Waals surface area contributed by atoms with Crippen LogP contribution in [0.5, 0.6) is 0 Å². The number of hydrogen-bond donors (Lipinski definition) is 0. The van der Waals surface area contributed by atoms with Gasteiger partial charge in [-0.3, -0.25) is 0 Å². The first-order chi connectivity index (χ1) is 11.7. The predicted octanol–water partition coefficient (Wildman–Crippen LogP) is 4.41. The molecule has 3 rings (SSSR count). The number of benzene rings is 2. The fourth-order valence-corrected chi connectivity index (χ4v) is 5.17. The van der Waals surface area contributed by atoms with Crippen molar-refractivity contribution in [1.29, 1.82) is 0 Å². The maximum absolute atomic E-state index is 6.35. The van der Waals surface area contributed by atoms with E-state index in [4.69, 9.17) is 9.31 Å². The fourth-order valence-electron chi connectivity index (χ4n) is 3.43. The molecule has 25 heavy (non-hydrogen) atoms. The summed E-state index contributed by atoms with van der Waals surface area (Å²) in [5, 5.41) is 0. The third kappa shape index (κ3) is 3.48. The fraction of sp³-hybridized carbons (Fsp3) is 0.429. The van der Waals surface area contributed by atoms with Gasteiger partial charge >= 0.3 is 7.12 Å². The smallest absolute Gasteiger partial charge is 0.399 e. The minimum atomic E-state index is -0.596. The highest BCUT2D eigenvalue weighted by Crippen LogP contribution is 2.37. The largest absolute Gasteiger partial charge is 0.495 e. The van der Waals surface area contributed by atoms with E-state index in [1.54, 1.807) is 0 Å². The van der Waals surface area contributed by atoms with Gasteiger partial charge in [0, 0.05) is 5.54 Å². The lowest BCUT2D eigenvalue weighted by Crippen LogP contribution is -2.41. The molecule has 2 nitrogen and oxygen atoms in total. The van der Waals surface area contributed by atoms with Gasteiger partial charge in [0.15, 0.2) is 0 Å². The van der Waals surface area contributed by atoms with Gasteiger partial charge in [-0.15, -0.1) is 0 Å². The first-order valence-corrected chi connectivity index (χ1v) is 11.6. The van der Waals surface area contributed by atoms with Crippen LogP contribution < -0.4 is 5.46 Å². The Morgan fingerprint density at radius 1 is 0.800 bits per heavy atom.